The summed E-state index contributed by atoms with van der Waals surface area (Å²) in [5.74, 6) is 1.66. The maximum Gasteiger partial charge on any atom is 0.252 e. The molecule has 3 aromatic heterocycles. The molecular formula is C24H28N6O2S. The Morgan fingerprint density at radius 1 is 1.18 bits per heavy atom. The van der Waals surface area contributed by atoms with Crippen molar-refractivity contribution in [3.63, 3.8) is 0 Å². The Hall–Kier alpha value is -3.04. The molecule has 1 aliphatic carbocycles. The maximum atomic E-state index is 12.9. The van der Waals surface area contributed by atoms with Gasteiger partial charge >= 0.3 is 0 Å². The number of H-pyrrole nitrogens is 1. The van der Waals surface area contributed by atoms with E-state index in [1.165, 1.54) is 17.7 Å². The number of nitrogens with zero attached hydrogens (tertiary/aromatic N) is 5. The third kappa shape index (κ3) is 4.99. The fourth-order valence-electron chi connectivity index (χ4n) is 4.58. The largest absolute Gasteiger partial charge is 0.494 e. The van der Waals surface area contributed by atoms with Gasteiger partial charge in [0.05, 0.1) is 19.2 Å². The zero-order valence-electron chi connectivity index (χ0n) is 18.7. The van der Waals surface area contributed by atoms with Gasteiger partial charge in [-0.2, -0.15) is 0 Å². The number of tetrazole rings is 1. The van der Waals surface area contributed by atoms with E-state index in [0.717, 1.165) is 41.9 Å². The van der Waals surface area contributed by atoms with Gasteiger partial charge in [0.15, 0.2) is 5.82 Å². The van der Waals surface area contributed by atoms with Gasteiger partial charge in [0.2, 0.25) is 0 Å². The molecule has 9 heteroatoms. The molecule has 1 aliphatic rings. The van der Waals surface area contributed by atoms with Gasteiger partial charge in [0.1, 0.15) is 5.75 Å². The van der Waals surface area contributed by atoms with E-state index in [9.17, 15) is 4.79 Å². The topological polar surface area (TPSA) is 88.9 Å². The highest BCUT2D eigenvalue weighted by Gasteiger charge is 2.23. The first-order chi connectivity index (χ1) is 16.2. The van der Waals surface area contributed by atoms with Crippen LogP contribution in [0.15, 0.2) is 46.6 Å². The SMILES string of the molecule is CCOc1ccc2[nH]c(=O)c(CN(Cc3cccs3)Cc3nnnn3C3CCCC3)cc2c1. The number of fused-ring (bicyclic) bond motifs is 1. The second-order valence-corrected chi connectivity index (χ2v) is 9.54. The number of benzene rings is 1. The average molecular weight is 465 g/mol. The lowest BCUT2D eigenvalue weighted by Crippen LogP contribution is -2.28. The summed E-state index contributed by atoms with van der Waals surface area (Å²) in [6.45, 7) is 4.37. The highest BCUT2D eigenvalue weighted by Crippen LogP contribution is 2.29. The second kappa shape index (κ2) is 9.84. The first-order valence-corrected chi connectivity index (χ1v) is 12.4. The fraction of sp³-hybridized carbons (Fsp3) is 0.417. The highest BCUT2D eigenvalue weighted by atomic mass is 32.1. The van der Waals surface area contributed by atoms with Crippen LogP contribution in [0.1, 0.15) is 54.9 Å². The summed E-state index contributed by atoms with van der Waals surface area (Å²) in [5, 5.41) is 15.6. The number of hydrogen-bond donors (Lipinski definition) is 1. The number of aromatic amines is 1. The molecule has 172 valence electrons. The van der Waals surface area contributed by atoms with Crippen molar-refractivity contribution in [1.82, 2.24) is 30.1 Å². The van der Waals surface area contributed by atoms with Crippen LogP contribution in [0, 0.1) is 0 Å². The molecule has 0 amide bonds. The van der Waals surface area contributed by atoms with Crippen molar-refractivity contribution in [2.75, 3.05) is 6.61 Å². The van der Waals surface area contributed by atoms with Gasteiger partial charge in [-0.05, 0) is 65.9 Å². The minimum atomic E-state index is -0.0711. The molecule has 0 aliphatic heterocycles. The van der Waals surface area contributed by atoms with E-state index < -0.39 is 0 Å². The van der Waals surface area contributed by atoms with Gasteiger partial charge in [0.25, 0.3) is 5.56 Å². The molecule has 1 saturated carbocycles. The number of rotatable bonds is 9. The molecule has 1 fully saturated rings. The molecule has 4 aromatic rings. The molecule has 0 saturated heterocycles. The number of thiophene rings is 1. The molecule has 0 bridgehead atoms. The van der Waals surface area contributed by atoms with Crippen molar-refractivity contribution in [2.45, 2.75) is 58.3 Å². The third-order valence-electron chi connectivity index (χ3n) is 6.15. The third-order valence-corrected chi connectivity index (χ3v) is 7.01. The van der Waals surface area contributed by atoms with Gasteiger partial charge in [-0.1, -0.05) is 18.9 Å². The molecule has 0 spiro atoms. The maximum absolute atomic E-state index is 12.9. The standard InChI is InChI=1S/C24H28N6O2S/c1-2-32-20-9-10-22-17(13-20)12-18(24(31)25-22)14-29(15-21-8-5-11-33-21)16-23-26-27-28-30(23)19-6-3-4-7-19/h5,8-13,19H,2-4,6-7,14-16H2,1H3,(H,25,31). The summed E-state index contributed by atoms with van der Waals surface area (Å²) in [4.78, 5) is 19.4. The number of pyridine rings is 1. The average Bonchev–Trinajstić information content (AvgIpc) is 3.58. The van der Waals surface area contributed by atoms with Crippen LogP contribution in [0.4, 0.5) is 0 Å². The van der Waals surface area contributed by atoms with E-state index in [1.807, 2.05) is 35.9 Å². The molecule has 1 aromatic carbocycles. The predicted octanol–water partition coefficient (Wildman–Crippen LogP) is 4.29. The number of nitrogens with one attached hydrogen (secondary N) is 1. The highest BCUT2D eigenvalue weighted by molar-refractivity contribution is 7.09. The van der Waals surface area contributed by atoms with E-state index in [-0.39, 0.29) is 5.56 Å². The number of hydrogen-bond acceptors (Lipinski definition) is 7. The molecule has 3 heterocycles. The zero-order valence-corrected chi connectivity index (χ0v) is 19.6. The second-order valence-electron chi connectivity index (χ2n) is 8.51. The van der Waals surface area contributed by atoms with Crippen LogP contribution >= 0.6 is 11.3 Å². The van der Waals surface area contributed by atoms with Crippen molar-refractivity contribution in [1.29, 1.82) is 0 Å². The fourth-order valence-corrected chi connectivity index (χ4v) is 5.33. The van der Waals surface area contributed by atoms with Crippen LogP contribution in [0.3, 0.4) is 0 Å². The van der Waals surface area contributed by atoms with Gasteiger partial charge in [-0.25, -0.2) is 4.68 Å². The normalized spacial score (nSPS) is 14.5. The molecule has 8 nitrogen and oxygen atoms in total. The first kappa shape index (κ1) is 21.8. The summed E-state index contributed by atoms with van der Waals surface area (Å²) in [6, 6.07) is 12.3. The lowest BCUT2D eigenvalue weighted by molar-refractivity contribution is 0.234. The van der Waals surface area contributed by atoms with Crippen LogP contribution in [-0.2, 0) is 19.6 Å². The number of aromatic nitrogens is 5. The molecule has 0 unspecified atom stereocenters. The Morgan fingerprint density at radius 3 is 2.85 bits per heavy atom. The molecular weight excluding hydrogens is 436 g/mol. The quantitative estimate of drug-likeness (QED) is 0.397. The minimum absolute atomic E-state index is 0.0711. The Kier molecular flexibility index (Phi) is 6.50. The van der Waals surface area contributed by atoms with Gasteiger partial charge in [0, 0.05) is 34.4 Å². The zero-order chi connectivity index (χ0) is 22.6. The van der Waals surface area contributed by atoms with Crippen molar-refractivity contribution < 1.29 is 4.74 Å². The van der Waals surface area contributed by atoms with E-state index in [1.54, 1.807) is 11.3 Å². The molecule has 0 atom stereocenters. The van der Waals surface area contributed by atoms with Crippen molar-refractivity contribution in [3.8, 4) is 5.75 Å². The monoisotopic (exact) mass is 464 g/mol. The molecule has 5 rings (SSSR count). The van der Waals surface area contributed by atoms with Crippen LogP contribution < -0.4 is 10.3 Å². The van der Waals surface area contributed by atoms with Crippen LogP contribution in [0.25, 0.3) is 10.9 Å². The van der Waals surface area contributed by atoms with Crippen LogP contribution in [0.5, 0.6) is 5.75 Å². The Balaban J connectivity index is 1.44. The van der Waals surface area contributed by atoms with Crippen LogP contribution in [0.2, 0.25) is 0 Å². The lowest BCUT2D eigenvalue weighted by atomic mass is 10.1. The van der Waals surface area contributed by atoms with E-state index in [0.29, 0.717) is 31.3 Å². The van der Waals surface area contributed by atoms with Crippen molar-refractivity contribution in [3.05, 3.63) is 68.4 Å². The van der Waals surface area contributed by atoms with E-state index >= 15 is 0 Å². The molecule has 1 N–H and O–H groups in total. The number of ether oxygens (including phenoxy) is 1. The summed E-state index contributed by atoms with van der Waals surface area (Å²) >= 11 is 1.72. The summed E-state index contributed by atoms with van der Waals surface area (Å²) in [5.41, 5.74) is 1.45. The van der Waals surface area contributed by atoms with Crippen LogP contribution in [-0.4, -0.2) is 36.7 Å². The Bertz CT molecular complexity index is 1260. The lowest BCUT2D eigenvalue weighted by Gasteiger charge is -2.22. The molecule has 33 heavy (non-hydrogen) atoms. The predicted molar refractivity (Wildman–Crippen MR) is 128 cm³/mol. The smallest absolute Gasteiger partial charge is 0.252 e. The summed E-state index contributed by atoms with van der Waals surface area (Å²) in [7, 11) is 0. The van der Waals surface area contributed by atoms with E-state index in [4.69, 9.17) is 4.74 Å². The Labute approximate surface area is 196 Å². The van der Waals surface area contributed by atoms with Gasteiger partial charge < -0.3 is 9.72 Å². The van der Waals surface area contributed by atoms with Crippen molar-refractivity contribution >= 4 is 22.2 Å². The summed E-state index contributed by atoms with van der Waals surface area (Å²) in [6.07, 6.45) is 4.68. The minimum Gasteiger partial charge on any atom is -0.494 e. The van der Waals surface area contributed by atoms with E-state index in [2.05, 4.69) is 42.9 Å². The van der Waals surface area contributed by atoms with Gasteiger partial charge in [-0.15, -0.1) is 16.4 Å². The molecule has 0 radical (unpaired) electrons. The van der Waals surface area contributed by atoms with Crippen molar-refractivity contribution in [2.24, 2.45) is 0 Å². The Morgan fingerprint density at radius 2 is 2.06 bits per heavy atom. The first-order valence-electron chi connectivity index (χ1n) is 11.5. The van der Waals surface area contributed by atoms with Gasteiger partial charge in [-0.3, -0.25) is 9.69 Å². The summed E-state index contributed by atoms with van der Waals surface area (Å²) < 4.78 is 7.63.